The second-order valence-electron chi connectivity index (χ2n) is 7.28. The number of anilines is 2. The molecule has 1 aliphatic rings. The highest BCUT2D eigenvalue weighted by Gasteiger charge is 2.37. The van der Waals surface area contributed by atoms with Crippen LogP contribution in [0.15, 0.2) is 48.5 Å². The van der Waals surface area contributed by atoms with Crippen LogP contribution in [0.2, 0.25) is 0 Å². The molecule has 0 bridgehead atoms. The molecule has 0 saturated heterocycles. The summed E-state index contributed by atoms with van der Waals surface area (Å²) in [7, 11) is 0. The van der Waals surface area contributed by atoms with E-state index in [0.29, 0.717) is 23.5 Å². The van der Waals surface area contributed by atoms with E-state index in [0.717, 1.165) is 17.7 Å². The van der Waals surface area contributed by atoms with E-state index < -0.39 is 41.8 Å². The molecule has 4 rings (SSSR count). The van der Waals surface area contributed by atoms with Crippen LogP contribution in [0.3, 0.4) is 0 Å². The summed E-state index contributed by atoms with van der Waals surface area (Å²) in [6, 6.07) is 9.30. The minimum Gasteiger partial charge on any atom is -0.325 e. The number of fused-ring (bicyclic) bond motifs is 1. The van der Waals surface area contributed by atoms with Crippen LogP contribution >= 0.6 is 0 Å². The summed E-state index contributed by atoms with van der Waals surface area (Å²) in [5.41, 5.74) is 0.536. The monoisotopic (exact) mass is 446 g/mol. The lowest BCUT2D eigenvalue weighted by atomic mass is 10.1. The number of benzene rings is 2. The van der Waals surface area contributed by atoms with Crippen molar-refractivity contribution in [3.05, 3.63) is 65.5 Å². The number of hydrogen-bond donors (Lipinski definition) is 2. The van der Waals surface area contributed by atoms with Crippen molar-refractivity contribution in [2.45, 2.75) is 32.0 Å². The fourth-order valence-corrected chi connectivity index (χ4v) is 3.71. The van der Waals surface area contributed by atoms with E-state index >= 15 is 0 Å². The minimum atomic E-state index is -4.64. The predicted octanol–water partition coefficient (Wildman–Crippen LogP) is 4.79. The zero-order valence-electron chi connectivity index (χ0n) is 16.8. The Balaban J connectivity index is 1.60. The first-order chi connectivity index (χ1) is 15.2. The van der Waals surface area contributed by atoms with Crippen molar-refractivity contribution in [3.8, 4) is 11.3 Å². The standard InChI is InChI=1S/C22H18F4N4O2/c1-2-14-19(12-7-9-13(23)10-8-12)29-30-17(21(32)28-20(14)30)11-18(31)27-16-6-4-3-5-15(16)22(24,25)26/h3-10,17H,2,11H2,1H3,(H,27,31)(H,28,32)/t17-/m1/s1. The fourth-order valence-electron chi connectivity index (χ4n) is 3.71. The topological polar surface area (TPSA) is 76.0 Å². The predicted molar refractivity (Wildman–Crippen MR) is 109 cm³/mol. The summed E-state index contributed by atoms with van der Waals surface area (Å²) in [6.07, 6.45) is -4.53. The Morgan fingerprint density at radius 1 is 1.16 bits per heavy atom. The van der Waals surface area contributed by atoms with Crippen molar-refractivity contribution < 1.29 is 27.2 Å². The molecule has 0 radical (unpaired) electrons. The van der Waals surface area contributed by atoms with E-state index in [1.807, 2.05) is 6.92 Å². The molecular formula is C22H18F4N4O2. The first kappa shape index (κ1) is 21.5. The van der Waals surface area contributed by atoms with Gasteiger partial charge in [-0.3, -0.25) is 9.59 Å². The third-order valence-electron chi connectivity index (χ3n) is 5.20. The lowest BCUT2D eigenvalue weighted by Gasteiger charge is -2.15. The van der Waals surface area contributed by atoms with Gasteiger partial charge in [-0.2, -0.15) is 18.3 Å². The van der Waals surface area contributed by atoms with Gasteiger partial charge in [0, 0.05) is 11.1 Å². The van der Waals surface area contributed by atoms with Gasteiger partial charge in [0.1, 0.15) is 17.7 Å². The lowest BCUT2D eigenvalue weighted by Crippen LogP contribution is -2.24. The molecule has 2 heterocycles. The van der Waals surface area contributed by atoms with Gasteiger partial charge in [0.05, 0.1) is 23.4 Å². The largest absolute Gasteiger partial charge is 0.418 e. The van der Waals surface area contributed by atoms with Crippen LogP contribution in [-0.4, -0.2) is 21.6 Å². The van der Waals surface area contributed by atoms with Crippen molar-refractivity contribution in [1.82, 2.24) is 9.78 Å². The first-order valence-electron chi connectivity index (χ1n) is 9.83. The smallest absolute Gasteiger partial charge is 0.325 e. The second-order valence-corrected chi connectivity index (χ2v) is 7.28. The molecular weight excluding hydrogens is 428 g/mol. The van der Waals surface area contributed by atoms with Gasteiger partial charge in [-0.05, 0) is 42.8 Å². The highest BCUT2D eigenvalue weighted by molar-refractivity contribution is 6.02. The van der Waals surface area contributed by atoms with Gasteiger partial charge in [-0.25, -0.2) is 9.07 Å². The Hall–Kier alpha value is -3.69. The maximum atomic E-state index is 13.3. The molecule has 0 aliphatic carbocycles. The number of alkyl halides is 3. The fraction of sp³-hybridized carbons (Fsp3) is 0.227. The Morgan fingerprint density at radius 2 is 1.84 bits per heavy atom. The van der Waals surface area contributed by atoms with Gasteiger partial charge in [-0.15, -0.1) is 0 Å². The van der Waals surface area contributed by atoms with Crippen LogP contribution < -0.4 is 10.6 Å². The summed E-state index contributed by atoms with van der Waals surface area (Å²) in [4.78, 5) is 25.0. The summed E-state index contributed by atoms with van der Waals surface area (Å²) < 4.78 is 54.2. The van der Waals surface area contributed by atoms with Crippen LogP contribution in [0.4, 0.5) is 29.1 Å². The maximum Gasteiger partial charge on any atom is 0.418 e. The van der Waals surface area contributed by atoms with Crippen molar-refractivity contribution in [2.24, 2.45) is 0 Å². The third-order valence-corrected chi connectivity index (χ3v) is 5.20. The first-order valence-corrected chi connectivity index (χ1v) is 9.83. The van der Waals surface area contributed by atoms with Crippen molar-refractivity contribution in [1.29, 1.82) is 0 Å². The van der Waals surface area contributed by atoms with Crippen LogP contribution in [0.25, 0.3) is 11.3 Å². The number of aromatic nitrogens is 2. The molecule has 166 valence electrons. The zero-order chi connectivity index (χ0) is 23.0. The zero-order valence-corrected chi connectivity index (χ0v) is 16.8. The van der Waals surface area contributed by atoms with E-state index in [9.17, 15) is 27.2 Å². The molecule has 1 aliphatic heterocycles. The molecule has 1 atom stereocenters. The Morgan fingerprint density at radius 3 is 2.50 bits per heavy atom. The van der Waals surface area contributed by atoms with E-state index in [1.165, 1.54) is 28.9 Å². The highest BCUT2D eigenvalue weighted by atomic mass is 19.4. The number of para-hydroxylation sites is 1. The maximum absolute atomic E-state index is 13.3. The van der Waals surface area contributed by atoms with Gasteiger partial charge >= 0.3 is 6.18 Å². The molecule has 0 fully saturated rings. The normalized spacial score (nSPS) is 15.4. The molecule has 3 aromatic rings. The van der Waals surface area contributed by atoms with Gasteiger partial charge in [0.25, 0.3) is 5.91 Å². The molecule has 32 heavy (non-hydrogen) atoms. The molecule has 2 amide bonds. The molecule has 0 unspecified atom stereocenters. The number of nitrogens with one attached hydrogen (secondary N) is 2. The van der Waals surface area contributed by atoms with Gasteiger partial charge in [0.2, 0.25) is 5.91 Å². The SMILES string of the molecule is CCc1c(-c2ccc(F)cc2)nn2c1NC(=O)[C@H]2CC(=O)Nc1ccccc1C(F)(F)F. The van der Waals surface area contributed by atoms with E-state index in [1.54, 1.807) is 12.1 Å². The van der Waals surface area contributed by atoms with Crippen LogP contribution in [0.1, 0.15) is 30.5 Å². The number of amides is 2. The number of hydrogen-bond acceptors (Lipinski definition) is 3. The second kappa shape index (κ2) is 8.10. The summed E-state index contributed by atoms with van der Waals surface area (Å²) in [5.74, 6) is -1.22. The van der Waals surface area contributed by atoms with Crippen molar-refractivity contribution >= 4 is 23.3 Å². The number of carbonyl (C=O) groups excluding carboxylic acids is 2. The molecule has 6 nitrogen and oxygen atoms in total. The molecule has 0 saturated carbocycles. The van der Waals surface area contributed by atoms with Gasteiger partial charge in [0.15, 0.2) is 0 Å². The van der Waals surface area contributed by atoms with E-state index in [4.69, 9.17) is 0 Å². The molecule has 1 aromatic heterocycles. The Labute approximate surface area is 180 Å². The van der Waals surface area contributed by atoms with Crippen molar-refractivity contribution in [2.75, 3.05) is 10.6 Å². The Kier molecular flexibility index (Phi) is 5.45. The summed E-state index contributed by atoms with van der Waals surface area (Å²) in [5, 5.41) is 9.41. The quantitative estimate of drug-likeness (QED) is 0.554. The summed E-state index contributed by atoms with van der Waals surface area (Å²) >= 11 is 0. The number of halogens is 4. The van der Waals surface area contributed by atoms with E-state index in [2.05, 4.69) is 15.7 Å². The minimum absolute atomic E-state index is 0.384. The third kappa shape index (κ3) is 3.95. The lowest BCUT2D eigenvalue weighted by molar-refractivity contribution is -0.137. The van der Waals surface area contributed by atoms with Crippen molar-refractivity contribution in [3.63, 3.8) is 0 Å². The molecule has 0 spiro atoms. The van der Waals surface area contributed by atoms with Crippen LogP contribution in [0.5, 0.6) is 0 Å². The number of rotatable bonds is 5. The van der Waals surface area contributed by atoms with Gasteiger partial charge < -0.3 is 10.6 Å². The molecule has 2 N–H and O–H groups in total. The molecule has 2 aromatic carbocycles. The van der Waals surface area contributed by atoms with Gasteiger partial charge in [-0.1, -0.05) is 19.1 Å². The van der Waals surface area contributed by atoms with E-state index in [-0.39, 0.29) is 5.69 Å². The summed E-state index contributed by atoms with van der Waals surface area (Å²) in [6.45, 7) is 1.87. The van der Waals surface area contributed by atoms with Crippen LogP contribution in [0, 0.1) is 5.82 Å². The highest BCUT2D eigenvalue weighted by Crippen LogP contribution is 2.38. The average Bonchev–Trinajstić information content (AvgIpc) is 3.23. The van der Waals surface area contributed by atoms with Crippen LogP contribution in [-0.2, 0) is 22.2 Å². The number of nitrogens with zero attached hydrogens (tertiary/aromatic N) is 2. The number of carbonyl (C=O) groups is 2. The average molecular weight is 446 g/mol. The Bertz CT molecular complexity index is 1190. The molecule has 10 heteroatoms.